The van der Waals surface area contributed by atoms with Gasteiger partial charge in [-0.25, -0.2) is 9.97 Å². The van der Waals surface area contributed by atoms with E-state index < -0.39 is 0 Å². The molecule has 0 radical (unpaired) electrons. The van der Waals surface area contributed by atoms with Crippen LogP contribution in [0.1, 0.15) is 32.3 Å². The molecule has 2 aromatic rings. The SMILES string of the molecule is CC(C)COc1ncnc2[nH]cc(C3=CC(=O)CC3)c12. The van der Waals surface area contributed by atoms with Gasteiger partial charge in [0, 0.05) is 18.2 Å². The van der Waals surface area contributed by atoms with E-state index in [2.05, 4.69) is 28.8 Å². The van der Waals surface area contributed by atoms with E-state index >= 15 is 0 Å². The third-order valence-corrected chi connectivity index (χ3v) is 3.31. The van der Waals surface area contributed by atoms with Crippen molar-refractivity contribution in [3.05, 3.63) is 24.2 Å². The van der Waals surface area contributed by atoms with Crippen LogP contribution in [0.4, 0.5) is 0 Å². The first-order chi connectivity index (χ1) is 9.65. The minimum atomic E-state index is 0.177. The molecule has 0 aromatic carbocycles. The number of aromatic nitrogens is 3. The van der Waals surface area contributed by atoms with Crippen LogP contribution in [0.15, 0.2) is 18.6 Å². The van der Waals surface area contributed by atoms with Crippen LogP contribution < -0.4 is 4.74 Å². The van der Waals surface area contributed by atoms with Crippen molar-refractivity contribution in [1.82, 2.24) is 15.0 Å². The van der Waals surface area contributed by atoms with Gasteiger partial charge in [0.15, 0.2) is 5.78 Å². The van der Waals surface area contributed by atoms with Crippen molar-refractivity contribution >= 4 is 22.4 Å². The van der Waals surface area contributed by atoms with E-state index in [1.54, 1.807) is 6.08 Å². The first-order valence-electron chi connectivity index (χ1n) is 6.84. The Morgan fingerprint density at radius 2 is 2.20 bits per heavy atom. The highest BCUT2D eigenvalue weighted by Gasteiger charge is 2.20. The van der Waals surface area contributed by atoms with Crippen molar-refractivity contribution in [2.24, 2.45) is 5.92 Å². The standard InChI is InChI=1S/C15H17N3O2/c1-9(2)7-20-15-13-12(10-3-4-11(19)5-10)6-16-14(13)17-8-18-15/h5-6,8-9H,3-4,7H2,1-2H3,(H,16,17,18). The highest BCUT2D eigenvalue weighted by Crippen LogP contribution is 2.34. The summed E-state index contributed by atoms with van der Waals surface area (Å²) in [5.41, 5.74) is 2.75. The molecule has 0 saturated carbocycles. The molecule has 0 aliphatic heterocycles. The lowest BCUT2D eigenvalue weighted by molar-refractivity contribution is -0.114. The molecule has 5 heteroatoms. The molecule has 5 nitrogen and oxygen atoms in total. The number of hydrogen-bond acceptors (Lipinski definition) is 4. The van der Waals surface area contributed by atoms with Crippen molar-refractivity contribution in [2.75, 3.05) is 6.61 Å². The molecular formula is C15H17N3O2. The summed E-state index contributed by atoms with van der Waals surface area (Å²) < 4.78 is 5.78. The Kier molecular flexibility index (Phi) is 3.26. The summed E-state index contributed by atoms with van der Waals surface area (Å²) >= 11 is 0. The summed E-state index contributed by atoms with van der Waals surface area (Å²) in [5, 5.41) is 0.870. The lowest BCUT2D eigenvalue weighted by atomic mass is 10.1. The predicted molar refractivity (Wildman–Crippen MR) is 76.4 cm³/mol. The molecule has 20 heavy (non-hydrogen) atoms. The van der Waals surface area contributed by atoms with Crippen LogP contribution in [0.2, 0.25) is 0 Å². The normalized spacial score (nSPS) is 15.2. The first kappa shape index (κ1) is 12.8. The van der Waals surface area contributed by atoms with Crippen LogP contribution in [0.25, 0.3) is 16.6 Å². The van der Waals surface area contributed by atoms with Crippen molar-refractivity contribution in [3.8, 4) is 5.88 Å². The van der Waals surface area contributed by atoms with Crippen LogP contribution in [-0.4, -0.2) is 27.3 Å². The molecule has 0 unspecified atom stereocenters. The van der Waals surface area contributed by atoms with Crippen molar-refractivity contribution in [3.63, 3.8) is 0 Å². The van der Waals surface area contributed by atoms with Crippen molar-refractivity contribution in [2.45, 2.75) is 26.7 Å². The fraction of sp³-hybridized carbons (Fsp3) is 0.400. The van der Waals surface area contributed by atoms with E-state index in [1.807, 2.05) is 6.20 Å². The highest BCUT2D eigenvalue weighted by atomic mass is 16.5. The number of carbonyl (C=O) groups excluding carboxylic acids is 1. The molecule has 104 valence electrons. The first-order valence-corrected chi connectivity index (χ1v) is 6.84. The molecule has 0 atom stereocenters. The molecule has 1 aliphatic rings. The van der Waals surface area contributed by atoms with Gasteiger partial charge in [-0.1, -0.05) is 13.8 Å². The second-order valence-corrected chi connectivity index (χ2v) is 5.45. The van der Waals surface area contributed by atoms with Gasteiger partial charge in [-0.15, -0.1) is 0 Å². The quantitative estimate of drug-likeness (QED) is 0.928. The fourth-order valence-corrected chi connectivity index (χ4v) is 2.35. The lowest BCUT2D eigenvalue weighted by Crippen LogP contribution is -2.06. The Morgan fingerprint density at radius 3 is 2.90 bits per heavy atom. The zero-order chi connectivity index (χ0) is 14.1. The van der Waals surface area contributed by atoms with Crippen LogP contribution in [0.3, 0.4) is 0 Å². The highest BCUT2D eigenvalue weighted by molar-refractivity contribution is 6.05. The number of hydrogen-bond donors (Lipinski definition) is 1. The summed E-state index contributed by atoms with van der Waals surface area (Å²) in [6, 6.07) is 0. The fourth-order valence-electron chi connectivity index (χ4n) is 2.35. The lowest BCUT2D eigenvalue weighted by Gasteiger charge is -2.09. The van der Waals surface area contributed by atoms with Gasteiger partial charge in [0.25, 0.3) is 0 Å². The van der Waals surface area contributed by atoms with E-state index in [1.165, 1.54) is 6.33 Å². The maximum atomic E-state index is 11.4. The second-order valence-electron chi connectivity index (χ2n) is 5.45. The number of H-pyrrole nitrogens is 1. The molecule has 0 bridgehead atoms. The third kappa shape index (κ3) is 2.31. The average Bonchev–Trinajstić information content (AvgIpc) is 3.02. The zero-order valence-electron chi connectivity index (χ0n) is 11.6. The smallest absolute Gasteiger partial charge is 0.226 e. The van der Waals surface area contributed by atoms with E-state index in [4.69, 9.17) is 4.74 Å². The average molecular weight is 271 g/mol. The van der Waals surface area contributed by atoms with Gasteiger partial charge in [0.2, 0.25) is 5.88 Å². The van der Waals surface area contributed by atoms with E-state index in [0.29, 0.717) is 24.8 Å². The van der Waals surface area contributed by atoms with Crippen LogP contribution in [0.5, 0.6) is 5.88 Å². The van der Waals surface area contributed by atoms with Gasteiger partial charge in [-0.2, -0.15) is 0 Å². The monoisotopic (exact) mass is 271 g/mol. The van der Waals surface area contributed by atoms with Gasteiger partial charge in [0.05, 0.1) is 12.0 Å². The summed E-state index contributed by atoms with van der Waals surface area (Å²) in [6.45, 7) is 4.79. The Labute approximate surface area is 117 Å². The predicted octanol–water partition coefficient (Wildman–Crippen LogP) is 2.74. The maximum Gasteiger partial charge on any atom is 0.226 e. The minimum Gasteiger partial charge on any atom is -0.477 e. The number of nitrogens with one attached hydrogen (secondary N) is 1. The topological polar surface area (TPSA) is 67.9 Å². The molecule has 0 spiro atoms. The number of ether oxygens (including phenoxy) is 1. The number of carbonyl (C=O) groups is 1. The molecule has 0 fully saturated rings. The molecule has 1 N–H and O–H groups in total. The number of nitrogens with zero attached hydrogens (tertiary/aromatic N) is 2. The van der Waals surface area contributed by atoms with Crippen LogP contribution in [0, 0.1) is 5.92 Å². The van der Waals surface area contributed by atoms with E-state index in [-0.39, 0.29) is 5.78 Å². The molecule has 3 rings (SSSR count). The Bertz CT molecular complexity index is 685. The Hall–Kier alpha value is -2.17. The van der Waals surface area contributed by atoms with Crippen molar-refractivity contribution < 1.29 is 9.53 Å². The summed E-state index contributed by atoms with van der Waals surface area (Å²) in [6.07, 6.45) is 6.43. The number of rotatable bonds is 4. The van der Waals surface area contributed by atoms with Gasteiger partial charge < -0.3 is 9.72 Å². The second kappa shape index (κ2) is 5.07. The third-order valence-electron chi connectivity index (χ3n) is 3.31. The molecule has 0 amide bonds. The van der Waals surface area contributed by atoms with Crippen LogP contribution in [-0.2, 0) is 4.79 Å². The largest absolute Gasteiger partial charge is 0.477 e. The van der Waals surface area contributed by atoms with Crippen molar-refractivity contribution in [1.29, 1.82) is 0 Å². The number of ketones is 1. The molecule has 2 aromatic heterocycles. The Morgan fingerprint density at radius 1 is 1.35 bits per heavy atom. The number of allylic oxidation sites excluding steroid dienone is 2. The Balaban J connectivity index is 2.05. The molecular weight excluding hydrogens is 254 g/mol. The van der Waals surface area contributed by atoms with E-state index in [9.17, 15) is 4.79 Å². The molecule has 1 aliphatic carbocycles. The minimum absolute atomic E-state index is 0.177. The molecule has 0 saturated heterocycles. The molecule has 2 heterocycles. The van der Waals surface area contributed by atoms with Gasteiger partial charge in [-0.3, -0.25) is 4.79 Å². The van der Waals surface area contributed by atoms with Gasteiger partial charge >= 0.3 is 0 Å². The zero-order valence-corrected chi connectivity index (χ0v) is 11.6. The maximum absolute atomic E-state index is 11.4. The summed E-state index contributed by atoms with van der Waals surface area (Å²) in [7, 11) is 0. The van der Waals surface area contributed by atoms with Crippen LogP contribution >= 0.6 is 0 Å². The summed E-state index contributed by atoms with van der Waals surface area (Å²) in [4.78, 5) is 23.0. The van der Waals surface area contributed by atoms with Gasteiger partial charge in [0.1, 0.15) is 12.0 Å². The van der Waals surface area contributed by atoms with E-state index in [0.717, 1.165) is 28.6 Å². The van der Waals surface area contributed by atoms with Gasteiger partial charge in [-0.05, 0) is 24.0 Å². The summed E-state index contributed by atoms with van der Waals surface area (Å²) in [5.74, 6) is 1.19. The number of aromatic amines is 1. The number of fused-ring (bicyclic) bond motifs is 1.